The number of nitrogens with zero attached hydrogens (tertiary/aromatic N) is 1. The Kier molecular flexibility index (Phi) is 3.95. The maximum atomic E-state index is 13.1. The summed E-state index contributed by atoms with van der Waals surface area (Å²) >= 11 is 5.73. The summed E-state index contributed by atoms with van der Waals surface area (Å²) in [5, 5.41) is 2.31. The van der Waals surface area contributed by atoms with Gasteiger partial charge in [0.15, 0.2) is 0 Å². The van der Waals surface area contributed by atoms with E-state index in [4.69, 9.17) is 17.3 Å². The average Bonchev–Trinajstić information content (AvgIpc) is 2.41. The minimum Gasteiger partial charge on any atom is -0.366 e. The molecule has 0 aliphatic rings. The molecule has 2 rings (SSSR count). The first-order valence-electron chi connectivity index (χ1n) is 5.50. The van der Waals surface area contributed by atoms with Crippen LogP contribution in [-0.4, -0.2) is 16.8 Å². The first-order chi connectivity index (χ1) is 9.49. The van der Waals surface area contributed by atoms with Gasteiger partial charge in [0, 0.05) is 0 Å². The van der Waals surface area contributed by atoms with E-state index >= 15 is 0 Å². The summed E-state index contributed by atoms with van der Waals surface area (Å²) in [5.41, 5.74) is 5.41. The number of hydrogen-bond donors (Lipinski definition) is 2. The molecule has 3 N–H and O–H groups in total. The van der Waals surface area contributed by atoms with E-state index in [1.807, 2.05) is 0 Å². The van der Waals surface area contributed by atoms with E-state index in [1.54, 1.807) is 12.1 Å². The molecule has 0 bridgehead atoms. The molecule has 0 aliphatic heterocycles. The molecule has 0 aliphatic carbocycles. The second kappa shape index (κ2) is 5.66. The van der Waals surface area contributed by atoms with Crippen LogP contribution in [-0.2, 0) is 0 Å². The second-order valence-corrected chi connectivity index (χ2v) is 4.21. The highest BCUT2D eigenvalue weighted by molar-refractivity contribution is 6.33. The van der Waals surface area contributed by atoms with Crippen LogP contribution in [0.25, 0.3) is 0 Å². The van der Waals surface area contributed by atoms with Crippen molar-refractivity contribution in [3.8, 4) is 0 Å². The van der Waals surface area contributed by atoms with E-state index in [-0.39, 0.29) is 22.0 Å². The molecule has 0 spiro atoms. The van der Waals surface area contributed by atoms with Crippen molar-refractivity contribution in [1.29, 1.82) is 0 Å². The SMILES string of the molecule is NC(=O)c1ccccc1NC(=O)c1cc(F)cnc1Cl. The number of halogens is 2. The molecule has 7 heteroatoms. The van der Waals surface area contributed by atoms with Gasteiger partial charge in [0.05, 0.1) is 23.0 Å². The van der Waals surface area contributed by atoms with Crippen molar-refractivity contribution >= 4 is 29.1 Å². The van der Waals surface area contributed by atoms with Crippen molar-refractivity contribution in [2.24, 2.45) is 5.73 Å². The van der Waals surface area contributed by atoms with Gasteiger partial charge in [-0.3, -0.25) is 9.59 Å². The van der Waals surface area contributed by atoms with Gasteiger partial charge < -0.3 is 11.1 Å². The lowest BCUT2D eigenvalue weighted by Gasteiger charge is -2.09. The maximum absolute atomic E-state index is 13.1. The fourth-order valence-corrected chi connectivity index (χ4v) is 1.77. The molecular weight excluding hydrogens is 285 g/mol. The molecule has 20 heavy (non-hydrogen) atoms. The average molecular weight is 294 g/mol. The van der Waals surface area contributed by atoms with Gasteiger partial charge in [0.25, 0.3) is 11.8 Å². The number of amides is 2. The molecule has 1 heterocycles. The highest BCUT2D eigenvalue weighted by atomic mass is 35.5. The van der Waals surface area contributed by atoms with Crippen molar-refractivity contribution < 1.29 is 14.0 Å². The summed E-state index contributed by atoms with van der Waals surface area (Å²) in [5.74, 6) is -2.07. The van der Waals surface area contributed by atoms with Crippen LogP contribution in [0.1, 0.15) is 20.7 Å². The number of rotatable bonds is 3. The number of carbonyl (C=O) groups excluding carboxylic acids is 2. The van der Waals surface area contributed by atoms with Crippen LogP contribution >= 0.6 is 11.6 Å². The number of carbonyl (C=O) groups is 2. The van der Waals surface area contributed by atoms with Crippen LogP contribution in [0.4, 0.5) is 10.1 Å². The first kappa shape index (κ1) is 14.0. The standard InChI is InChI=1S/C13H9ClFN3O2/c14-11-9(5-7(15)6-17-11)13(20)18-10-4-2-1-3-8(10)12(16)19/h1-6H,(H2,16,19)(H,18,20). The number of para-hydroxylation sites is 1. The van der Waals surface area contributed by atoms with Crippen LogP contribution in [0.2, 0.25) is 5.15 Å². The second-order valence-electron chi connectivity index (χ2n) is 3.86. The molecule has 0 atom stereocenters. The number of anilines is 1. The van der Waals surface area contributed by atoms with Crippen LogP contribution in [0.15, 0.2) is 36.5 Å². The Morgan fingerprint density at radius 3 is 2.65 bits per heavy atom. The Hall–Kier alpha value is -2.47. The topological polar surface area (TPSA) is 85.1 Å². The molecule has 2 aromatic rings. The van der Waals surface area contributed by atoms with Crippen LogP contribution < -0.4 is 11.1 Å². The zero-order chi connectivity index (χ0) is 14.7. The largest absolute Gasteiger partial charge is 0.366 e. The van der Waals surface area contributed by atoms with Crippen molar-refractivity contribution in [2.45, 2.75) is 0 Å². The predicted molar refractivity (Wildman–Crippen MR) is 72.1 cm³/mol. The van der Waals surface area contributed by atoms with Crippen LogP contribution in [0.5, 0.6) is 0 Å². The Morgan fingerprint density at radius 2 is 1.95 bits per heavy atom. The zero-order valence-corrected chi connectivity index (χ0v) is 10.8. The third kappa shape index (κ3) is 2.92. The monoisotopic (exact) mass is 293 g/mol. The number of nitrogens with two attached hydrogens (primary N) is 1. The predicted octanol–water partition coefficient (Wildman–Crippen LogP) is 2.23. The third-order valence-corrected chi connectivity index (χ3v) is 2.79. The number of pyridine rings is 1. The highest BCUT2D eigenvalue weighted by Crippen LogP contribution is 2.19. The Balaban J connectivity index is 2.33. The lowest BCUT2D eigenvalue weighted by atomic mass is 10.1. The van der Waals surface area contributed by atoms with Gasteiger partial charge in [-0.15, -0.1) is 0 Å². The lowest BCUT2D eigenvalue weighted by molar-refractivity contribution is 0.100. The summed E-state index contributed by atoms with van der Waals surface area (Å²) < 4.78 is 13.1. The Bertz CT molecular complexity index is 691. The van der Waals surface area contributed by atoms with Gasteiger partial charge in [-0.1, -0.05) is 23.7 Å². The van der Waals surface area contributed by atoms with Gasteiger partial charge in [0.1, 0.15) is 11.0 Å². The minimum absolute atomic E-state index is 0.133. The van der Waals surface area contributed by atoms with Crippen molar-refractivity contribution in [3.05, 3.63) is 58.6 Å². The zero-order valence-electron chi connectivity index (χ0n) is 10.1. The summed E-state index contributed by atoms with van der Waals surface area (Å²) in [6.07, 6.45) is 0.899. The summed E-state index contributed by atoms with van der Waals surface area (Å²) in [6, 6.07) is 7.14. The van der Waals surface area contributed by atoms with Gasteiger partial charge >= 0.3 is 0 Å². The van der Waals surface area contributed by atoms with Gasteiger partial charge in [-0.2, -0.15) is 0 Å². The van der Waals surface area contributed by atoms with E-state index in [0.717, 1.165) is 12.3 Å². The number of nitrogens with one attached hydrogen (secondary N) is 1. The molecule has 0 radical (unpaired) electrons. The summed E-state index contributed by atoms with van der Waals surface area (Å²) in [6.45, 7) is 0. The first-order valence-corrected chi connectivity index (χ1v) is 5.88. The smallest absolute Gasteiger partial charge is 0.258 e. The summed E-state index contributed by atoms with van der Waals surface area (Å²) in [7, 11) is 0. The molecular formula is C13H9ClFN3O2. The molecule has 0 saturated carbocycles. The summed E-state index contributed by atoms with van der Waals surface area (Å²) in [4.78, 5) is 26.8. The maximum Gasteiger partial charge on any atom is 0.258 e. The molecule has 1 aromatic heterocycles. The van der Waals surface area contributed by atoms with E-state index in [0.29, 0.717) is 0 Å². The molecule has 0 fully saturated rings. The molecule has 5 nitrogen and oxygen atoms in total. The van der Waals surface area contributed by atoms with Gasteiger partial charge in [0.2, 0.25) is 0 Å². The third-order valence-electron chi connectivity index (χ3n) is 2.49. The molecule has 0 unspecified atom stereocenters. The normalized spacial score (nSPS) is 10.1. The highest BCUT2D eigenvalue weighted by Gasteiger charge is 2.15. The molecule has 102 valence electrons. The quantitative estimate of drug-likeness (QED) is 0.851. The number of primary amides is 1. The van der Waals surface area contributed by atoms with Crippen molar-refractivity contribution in [3.63, 3.8) is 0 Å². The molecule has 0 saturated heterocycles. The van der Waals surface area contributed by atoms with Gasteiger partial charge in [-0.05, 0) is 18.2 Å². The Labute approximate surface area is 118 Å². The molecule has 1 aromatic carbocycles. The Morgan fingerprint density at radius 1 is 1.25 bits per heavy atom. The van der Waals surface area contributed by atoms with E-state index < -0.39 is 17.6 Å². The van der Waals surface area contributed by atoms with Crippen molar-refractivity contribution in [2.75, 3.05) is 5.32 Å². The number of hydrogen-bond acceptors (Lipinski definition) is 3. The van der Waals surface area contributed by atoms with Crippen LogP contribution in [0, 0.1) is 5.82 Å². The van der Waals surface area contributed by atoms with Crippen molar-refractivity contribution in [1.82, 2.24) is 4.98 Å². The van der Waals surface area contributed by atoms with E-state index in [2.05, 4.69) is 10.3 Å². The van der Waals surface area contributed by atoms with E-state index in [9.17, 15) is 14.0 Å². The minimum atomic E-state index is -0.692. The number of aromatic nitrogens is 1. The molecule has 2 amide bonds. The number of benzene rings is 1. The van der Waals surface area contributed by atoms with E-state index in [1.165, 1.54) is 12.1 Å². The van der Waals surface area contributed by atoms with Gasteiger partial charge in [-0.25, -0.2) is 9.37 Å². The fraction of sp³-hybridized carbons (Fsp3) is 0. The fourth-order valence-electron chi connectivity index (χ4n) is 1.58. The van der Waals surface area contributed by atoms with Crippen LogP contribution in [0.3, 0.4) is 0 Å². The lowest BCUT2D eigenvalue weighted by Crippen LogP contribution is -2.18.